The molecule has 1 amide bonds. The van der Waals surface area contributed by atoms with Crippen LogP contribution in [0.5, 0.6) is 5.75 Å². The molecule has 1 unspecified atom stereocenters. The molecule has 5 rings (SSSR count). The molecule has 42 heavy (non-hydrogen) atoms. The smallest absolute Gasteiger partial charge is 0.308 e. The van der Waals surface area contributed by atoms with Gasteiger partial charge in [0, 0.05) is 43.4 Å². The molecule has 1 N–H and O–H groups in total. The standard InChI is InChI=1S/C36H44N2O4/c1-6-19-38(24-26(2)3)20-18-35(31-12-9-13-33(22-31)42-27(4)39)23-32(16-17-36(35,25-38)41-5)37-34(40)30-15-14-28-10-7-8-11-29(28)21-30/h6-15,21-22,26,32H,1,16-20,23-25H2,2-5H3/p+1/t32-,35+,36?,38-/m0/s1. The molecule has 0 radical (unpaired) electrons. The molecule has 4 atom stereocenters. The fourth-order valence-corrected chi connectivity index (χ4v) is 8.03. The van der Waals surface area contributed by atoms with Crippen LogP contribution in [0.4, 0.5) is 0 Å². The summed E-state index contributed by atoms with van der Waals surface area (Å²) >= 11 is 0. The van der Waals surface area contributed by atoms with Crippen LogP contribution < -0.4 is 10.1 Å². The van der Waals surface area contributed by atoms with Gasteiger partial charge in [0.25, 0.3) is 5.91 Å². The highest BCUT2D eigenvalue weighted by atomic mass is 16.5. The van der Waals surface area contributed by atoms with Gasteiger partial charge in [-0.15, -0.1) is 0 Å². The quantitative estimate of drug-likeness (QED) is 0.140. The summed E-state index contributed by atoms with van der Waals surface area (Å²) in [5.74, 6) is 0.693. The fraction of sp³-hybridized carbons (Fsp3) is 0.444. The number of carbonyl (C=O) groups excluding carboxylic acids is 2. The molecule has 3 aromatic rings. The monoisotopic (exact) mass is 569 g/mol. The number of quaternary nitrogens is 1. The normalized spacial score (nSPS) is 27.3. The predicted octanol–water partition coefficient (Wildman–Crippen LogP) is 6.43. The highest BCUT2D eigenvalue weighted by Gasteiger charge is 2.63. The topological polar surface area (TPSA) is 64.6 Å². The first-order chi connectivity index (χ1) is 20.1. The van der Waals surface area contributed by atoms with Gasteiger partial charge in [-0.25, -0.2) is 0 Å². The van der Waals surface area contributed by atoms with Crippen molar-refractivity contribution in [3.05, 3.63) is 90.5 Å². The number of carbonyl (C=O) groups is 2. The number of nitrogens with one attached hydrogen (secondary N) is 1. The minimum Gasteiger partial charge on any atom is -0.427 e. The third-order valence-corrected chi connectivity index (χ3v) is 9.62. The first-order valence-electron chi connectivity index (χ1n) is 15.2. The van der Waals surface area contributed by atoms with Crippen LogP contribution in [0.1, 0.15) is 62.4 Å². The van der Waals surface area contributed by atoms with Gasteiger partial charge in [-0.2, -0.15) is 0 Å². The minimum absolute atomic E-state index is 0.0193. The molecule has 1 saturated heterocycles. The number of rotatable bonds is 9. The molecule has 6 nitrogen and oxygen atoms in total. The van der Waals surface area contributed by atoms with E-state index in [0.717, 1.165) is 72.7 Å². The second kappa shape index (κ2) is 12.0. The van der Waals surface area contributed by atoms with E-state index in [4.69, 9.17) is 9.47 Å². The zero-order valence-electron chi connectivity index (χ0n) is 25.5. The Morgan fingerprint density at radius 3 is 2.57 bits per heavy atom. The van der Waals surface area contributed by atoms with Crippen LogP contribution in [0.25, 0.3) is 10.8 Å². The van der Waals surface area contributed by atoms with Crippen molar-refractivity contribution in [1.29, 1.82) is 0 Å². The van der Waals surface area contributed by atoms with Gasteiger partial charge in [-0.3, -0.25) is 9.59 Å². The van der Waals surface area contributed by atoms with E-state index in [1.165, 1.54) is 6.92 Å². The number of methoxy groups -OCH3 is 1. The van der Waals surface area contributed by atoms with Crippen LogP contribution in [0, 0.1) is 5.92 Å². The minimum atomic E-state index is -0.442. The molecule has 1 aliphatic heterocycles. The number of nitrogens with zero attached hydrogens (tertiary/aromatic N) is 1. The van der Waals surface area contributed by atoms with Gasteiger partial charge in [-0.05, 0) is 65.9 Å². The number of benzene rings is 3. The number of esters is 1. The van der Waals surface area contributed by atoms with Crippen molar-refractivity contribution in [2.75, 3.05) is 33.3 Å². The molecule has 0 spiro atoms. The van der Waals surface area contributed by atoms with E-state index < -0.39 is 5.60 Å². The number of piperidine rings is 1. The summed E-state index contributed by atoms with van der Waals surface area (Å²) in [6.07, 6.45) is 5.34. The summed E-state index contributed by atoms with van der Waals surface area (Å²) < 4.78 is 13.1. The van der Waals surface area contributed by atoms with Crippen molar-refractivity contribution in [3.63, 3.8) is 0 Å². The van der Waals surface area contributed by atoms with Crippen molar-refractivity contribution < 1.29 is 23.5 Å². The third-order valence-electron chi connectivity index (χ3n) is 9.62. The maximum Gasteiger partial charge on any atom is 0.308 e. The Bertz CT molecular complexity index is 1470. The first kappa shape index (κ1) is 30.0. The van der Waals surface area contributed by atoms with Gasteiger partial charge >= 0.3 is 5.97 Å². The Morgan fingerprint density at radius 2 is 1.86 bits per heavy atom. The van der Waals surface area contributed by atoms with Gasteiger partial charge in [0.1, 0.15) is 17.9 Å². The van der Waals surface area contributed by atoms with Crippen molar-refractivity contribution in [1.82, 2.24) is 5.32 Å². The van der Waals surface area contributed by atoms with Gasteiger partial charge in [-0.1, -0.05) is 62.9 Å². The first-order valence-corrected chi connectivity index (χ1v) is 15.2. The van der Waals surface area contributed by atoms with Gasteiger partial charge in [0.2, 0.25) is 0 Å². The average molecular weight is 570 g/mol. The van der Waals surface area contributed by atoms with E-state index in [1.807, 2.05) is 61.7 Å². The SMILES string of the molecule is C=CC[N@@+]1(CC(C)C)CC[C@]2(c3cccc(OC(C)=O)c3)C[C@@H](NC(=O)c3ccc4ccccc4c3)CCC2(OC)C1. The number of hydrogen-bond donors (Lipinski definition) is 1. The van der Waals surface area contributed by atoms with Gasteiger partial charge < -0.3 is 19.3 Å². The largest absolute Gasteiger partial charge is 0.427 e. The number of ether oxygens (including phenoxy) is 2. The molecule has 222 valence electrons. The Labute approximate surface area is 250 Å². The molecular formula is C36H45N2O4+. The third kappa shape index (κ3) is 5.75. The summed E-state index contributed by atoms with van der Waals surface area (Å²) in [5.41, 5.74) is 0.971. The van der Waals surface area contributed by atoms with Gasteiger partial charge in [0.05, 0.1) is 19.6 Å². The van der Waals surface area contributed by atoms with Crippen LogP contribution in [0.3, 0.4) is 0 Å². The summed E-state index contributed by atoms with van der Waals surface area (Å²) in [6.45, 7) is 13.9. The van der Waals surface area contributed by atoms with E-state index in [0.29, 0.717) is 17.2 Å². The van der Waals surface area contributed by atoms with Crippen molar-refractivity contribution >= 4 is 22.6 Å². The zero-order chi connectivity index (χ0) is 30.0. The van der Waals surface area contributed by atoms with Crippen LogP contribution in [0.2, 0.25) is 0 Å². The number of likely N-dealkylation sites (tertiary alicyclic amines) is 1. The number of hydrogen-bond acceptors (Lipinski definition) is 4. The second-order valence-corrected chi connectivity index (χ2v) is 12.9. The molecule has 1 heterocycles. The molecule has 6 heteroatoms. The Balaban J connectivity index is 1.51. The maximum atomic E-state index is 13.6. The van der Waals surface area contributed by atoms with E-state index in [1.54, 1.807) is 0 Å². The molecule has 2 fully saturated rings. The van der Waals surface area contributed by atoms with E-state index >= 15 is 0 Å². The Kier molecular flexibility index (Phi) is 8.58. The molecule has 2 aliphatic rings. The van der Waals surface area contributed by atoms with E-state index in [2.05, 4.69) is 44.0 Å². The lowest BCUT2D eigenvalue weighted by molar-refractivity contribution is -0.938. The Morgan fingerprint density at radius 1 is 1.07 bits per heavy atom. The predicted molar refractivity (Wildman–Crippen MR) is 168 cm³/mol. The van der Waals surface area contributed by atoms with Gasteiger partial charge in [0.15, 0.2) is 0 Å². The zero-order valence-corrected chi connectivity index (χ0v) is 25.5. The van der Waals surface area contributed by atoms with Crippen LogP contribution in [0.15, 0.2) is 79.4 Å². The maximum absolute atomic E-state index is 13.6. The molecule has 0 bridgehead atoms. The lowest BCUT2D eigenvalue weighted by atomic mass is 9.54. The van der Waals surface area contributed by atoms with Crippen molar-refractivity contribution in [2.24, 2.45) is 5.92 Å². The van der Waals surface area contributed by atoms with Crippen LogP contribution in [-0.4, -0.2) is 61.3 Å². The summed E-state index contributed by atoms with van der Waals surface area (Å²) in [5, 5.41) is 5.57. The molecule has 0 aromatic heterocycles. The highest BCUT2D eigenvalue weighted by Crippen LogP contribution is 2.55. The fourth-order valence-electron chi connectivity index (χ4n) is 8.03. The molecule has 1 aliphatic carbocycles. The number of amides is 1. The van der Waals surface area contributed by atoms with E-state index in [9.17, 15) is 9.59 Å². The highest BCUT2D eigenvalue weighted by molar-refractivity contribution is 5.98. The van der Waals surface area contributed by atoms with Crippen molar-refractivity contribution in [2.45, 2.75) is 63.5 Å². The Hall–Kier alpha value is -3.48. The summed E-state index contributed by atoms with van der Waals surface area (Å²) in [7, 11) is 1.85. The molecule has 1 saturated carbocycles. The van der Waals surface area contributed by atoms with Crippen LogP contribution in [-0.2, 0) is 14.9 Å². The molecular weight excluding hydrogens is 524 g/mol. The average Bonchev–Trinajstić information content (AvgIpc) is 2.96. The lowest BCUT2D eigenvalue weighted by Crippen LogP contribution is -2.73. The van der Waals surface area contributed by atoms with Crippen molar-refractivity contribution in [3.8, 4) is 5.75 Å². The molecule has 3 aromatic carbocycles. The summed E-state index contributed by atoms with van der Waals surface area (Å²) in [6, 6.07) is 21.9. The van der Waals surface area contributed by atoms with Crippen LogP contribution >= 0.6 is 0 Å². The second-order valence-electron chi connectivity index (χ2n) is 12.9. The lowest BCUT2D eigenvalue weighted by Gasteiger charge is -2.62. The number of fused-ring (bicyclic) bond motifs is 2. The van der Waals surface area contributed by atoms with E-state index in [-0.39, 0.29) is 23.3 Å². The summed E-state index contributed by atoms with van der Waals surface area (Å²) in [4.78, 5) is 25.4.